The Labute approximate surface area is 126 Å². The molecule has 1 heterocycles. The molecule has 0 aliphatic heterocycles. The second kappa shape index (κ2) is 6.44. The van der Waals surface area contributed by atoms with Gasteiger partial charge in [0.2, 0.25) is 5.88 Å². The molecule has 0 saturated carbocycles. The summed E-state index contributed by atoms with van der Waals surface area (Å²) in [6.45, 7) is 0.689. The zero-order chi connectivity index (χ0) is 13.8. The summed E-state index contributed by atoms with van der Waals surface area (Å²) < 4.78 is 5.57. The number of benzene rings is 1. The summed E-state index contributed by atoms with van der Waals surface area (Å²) in [7, 11) is 1.85. The molecule has 0 atom stereocenters. The number of nitrogens with one attached hydrogen (secondary N) is 1. The van der Waals surface area contributed by atoms with Crippen LogP contribution in [0, 0.1) is 0 Å². The van der Waals surface area contributed by atoms with Crippen molar-refractivity contribution >= 4 is 34.8 Å². The third-order valence-electron chi connectivity index (χ3n) is 2.35. The largest absolute Gasteiger partial charge is 0.436 e. The Kier molecular flexibility index (Phi) is 4.88. The van der Waals surface area contributed by atoms with Gasteiger partial charge in [0.15, 0.2) is 0 Å². The van der Waals surface area contributed by atoms with Crippen LogP contribution in [0.1, 0.15) is 5.56 Å². The first-order valence-corrected chi connectivity index (χ1v) is 6.65. The lowest BCUT2D eigenvalue weighted by Crippen LogP contribution is -2.05. The van der Waals surface area contributed by atoms with E-state index < -0.39 is 0 Å². The number of hydrogen-bond acceptors (Lipinski definition) is 3. The second-order valence-electron chi connectivity index (χ2n) is 3.84. The molecular weight excluding hydrogens is 307 g/mol. The molecular formula is C13H11Cl3N2O. The third kappa shape index (κ3) is 3.74. The monoisotopic (exact) mass is 316 g/mol. The van der Waals surface area contributed by atoms with Crippen molar-refractivity contribution < 1.29 is 4.74 Å². The number of halogens is 3. The van der Waals surface area contributed by atoms with Crippen molar-refractivity contribution in [1.29, 1.82) is 0 Å². The molecule has 0 fully saturated rings. The van der Waals surface area contributed by atoms with Crippen LogP contribution in [0.2, 0.25) is 15.1 Å². The van der Waals surface area contributed by atoms with E-state index in [1.165, 1.54) is 0 Å². The Hall–Kier alpha value is -1.000. The van der Waals surface area contributed by atoms with Gasteiger partial charge >= 0.3 is 0 Å². The maximum atomic E-state index is 6.11. The molecule has 0 aliphatic rings. The van der Waals surface area contributed by atoms with Crippen LogP contribution in [0.4, 0.5) is 0 Å². The van der Waals surface area contributed by atoms with Crippen LogP contribution in [0.5, 0.6) is 11.6 Å². The van der Waals surface area contributed by atoms with E-state index in [0.717, 1.165) is 5.56 Å². The van der Waals surface area contributed by atoms with Gasteiger partial charge in [-0.25, -0.2) is 4.98 Å². The zero-order valence-electron chi connectivity index (χ0n) is 10.1. The highest BCUT2D eigenvalue weighted by atomic mass is 35.5. The summed E-state index contributed by atoms with van der Waals surface area (Å²) >= 11 is 18.0. The molecule has 0 bridgehead atoms. The lowest BCUT2D eigenvalue weighted by Gasteiger charge is -2.09. The lowest BCUT2D eigenvalue weighted by atomic mass is 10.3. The molecule has 3 nitrogen and oxygen atoms in total. The highest BCUT2D eigenvalue weighted by molar-refractivity contribution is 6.35. The summed E-state index contributed by atoms with van der Waals surface area (Å²) in [6, 6.07) is 6.75. The van der Waals surface area contributed by atoms with Gasteiger partial charge in [0, 0.05) is 17.8 Å². The first kappa shape index (κ1) is 14.4. The van der Waals surface area contributed by atoms with Gasteiger partial charge in [-0.1, -0.05) is 34.8 Å². The predicted octanol–water partition coefficient (Wildman–Crippen LogP) is 4.55. The van der Waals surface area contributed by atoms with Crippen molar-refractivity contribution in [2.75, 3.05) is 7.05 Å². The van der Waals surface area contributed by atoms with Gasteiger partial charge in [-0.3, -0.25) is 0 Å². The van der Waals surface area contributed by atoms with Crippen molar-refractivity contribution in [3.05, 3.63) is 51.1 Å². The molecule has 1 aromatic heterocycles. The van der Waals surface area contributed by atoms with Gasteiger partial charge in [-0.15, -0.1) is 0 Å². The molecule has 2 rings (SSSR count). The molecule has 0 amide bonds. The van der Waals surface area contributed by atoms with Crippen molar-refractivity contribution in [2.24, 2.45) is 0 Å². The van der Waals surface area contributed by atoms with Gasteiger partial charge in [-0.2, -0.15) is 0 Å². The fourth-order valence-electron chi connectivity index (χ4n) is 1.50. The van der Waals surface area contributed by atoms with E-state index in [0.29, 0.717) is 33.2 Å². The molecule has 0 radical (unpaired) electrons. The van der Waals surface area contributed by atoms with Gasteiger partial charge in [0.1, 0.15) is 10.8 Å². The molecule has 1 aromatic carbocycles. The normalized spacial score (nSPS) is 10.5. The summed E-state index contributed by atoms with van der Waals surface area (Å²) in [4.78, 5) is 4.17. The Balaban J connectivity index is 2.23. The number of pyridine rings is 1. The zero-order valence-corrected chi connectivity index (χ0v) is 12.4. The van der Waals surface area contributed by atoms with Crippen molar-refractivity contribution in [3.63, 3.8) is 0 Å². The van der Waals surface area contributed by atoms with E-state index >= 15 is 0 Å². The van der Waals surface area contributed by atoms with Gasteiger partial charge in [-0.05, 0) is 36.9 Å². The fourth-order valence-corrected chi connectivity index (χ4v) is 2.18. The van der Waals surface area contributed by atoms with Crippen molar-refractivity contribution in [1.82, 2.24) is 10.3 Å². The number of aromatic nitrogens is 1. The van der Waals surface area contributed by atoms with Gasteiger partial charge in [0.25, 0.3) is 0 Å². The Bertz CT molecular complexity index is 590. The number of hydrogen-bond donors (Lipinski definition) is 1. The van der Waals surface area contributed by atoms with Crippen LogP contribution < -0.4 is 10.1 Å². The SMILES string of the molecule is CNCc1cnc(Oc2ccc(Cl)cc2Cl)c(Cl)c1. The summed E-state index contributed by atoms with van der Waals surface area (Å²) in [5.74, 6) is 0.771. The molecule has 2 aromatic rings. The number of nitrogens with zero attached hydrogens (tertiary/aromatic N) is 1. The maximum absolute atomic E-state index is 6.11. The van der Waals surface area contributed by atoms with Gasteiger partial charge < -0.3 is 10.1 Å². The predicted molar refractivity (Wildman–Crippen MR) is 78.5 cm³/mol. The van der Waals surface area contributed by atoms with Crippen LogP contribution in [-0.4, -0.2) is 12.0 Å². The average Bonchev–Trinajstić information content (AvgIpc) is 2.36. The topological polar surface area (TPSA) is 34.2 Å². The average molecular weight is 318 g/mol. The third-order valence-corrected chi connectivity index (χ3v) is 3.15. The number of ether oxygens (including phenoxy) is 1. The highest BCUT2D eigenvalue weighted by Gasteiger charge is 2.09. The minimum Gasteiger partial charge on any atom is -0.436 e. The van der Waals surface area contributed by atoms with E-state index in [1.54, 1.807) is 30.5 Å². The van der Waals surface area contributed by atoms with E-state index in [-0.39, 0.29) is 0 Å². The highest BCUT2D eigenvalue weighted by Crippen LogP contribution is 2.33. The lowest BCUT2D eigenvalue weighted by molar-refractivity contribution is 0.463. The molecule has 0 spiro atoms. The summed E-state index contributed by atoms with van der Waals surface area (Å²) in [5, 5.41) is 4.40. The van der Waals surface area contributed by atoms with E-state index in [1.807, 2.05) is 7.05 Å². The Morgan fingerprint density at radius 1 is 1.16 bits per heavy atom. The first-order chi connectivity index (χ1) is 9.10. The second-order valence-corrected chi connectivity index (χ2v) is 5.09. The van der Waals surface area contributed by atoms with E-state index in [4.69, 9.17) is 39.5 Å². The van der Waals surface area contributed by atoms with Crippen LogP contribution in [0.25, 0.3) is 0 Å². The molecule has 0 unspecified atom stereocenters. The first-order valence-electron chi connectivity index (χ1n) is 5.52. The van der Waals surface area contributed by atoms with Gasteiger partial charge in [0.05, 0.1) is 5.02 Å². The molecule has 0 saturated heterocycles. The minimum absolute atomic E-state index is 0.311. The summed E-state index contributed by atoms with van der Waals surface area (Å²) in [5.41, 5.74) is 0.974. The molecule has 100 valence electrons. The van der Waals surface area contributed by atoms with Crippen LogP contribution in [-0.2, 0) is 6.54 Å². The standard InChI is InChI=1S/C13H11Cl3N2O/c1-17-6-8-4-11(16)13(18-7-8)19-12-3-2-9(14)5-10(12)15/h2-5,7,17H,6H2,1H3. The Morgan fingerprint density at radius 2 is 1.95 bits per heavy atom. The van der Waals surface area contributed by atoms with Crippen LogP contribution in [0.15, 0.2) is 30.5 Å². The molecule has 6 heteroatoms. The number of rotatable bonds is 4. The van der Waals surface area contributed by atoms with E-state index in [9.17, 15) is 0 Å². The Morgan fingerprint density at radius 3 is 2.58 bits per heavy atom. The summed E-state index contributed by atoms with van der Waals surface area (Å²) in [6.07, 6.45) is 1.70. The van der Waals surface area contributed by atoms with Crippen LogP contribution >= 0.6 is 34.8 Å². The molecule has 1 N–H and O–H groups in total. The maximum Gasteiger partial charge on any atom is 0.238 e. The quantitative estimate of drug-likeness (QED) is 0.898. The van der Waals surface area contributed by atoms with E-state index in [2.05, 4.69) is 10.3 Å². The van der Waals surface area contributed by atoms with Crippen LogP contribution in [0.3, 0.4) is 0 Å². The molecule has 19 heavy (non-hydrogen) atoms. The smallest absolute Gasteiger partial charge is 0.238 e. The minimum atomic E-state index is 0.311. The van der Waals surface area contributed by atoms with Crippen molar-refractivity contribution in [3.8, 4) is 11.6 Å². The molecule has 0 aliphatic carbocycles. The fraction of sp³-hybridized carbons (Fsp3) is 0.154. The van der Waals surface area contributed by atoms with Crippen molar-refractivity contribution in [2.45, 2.75) is 6.54 Å².